The highest BCUT2D eigenvalue weighted by atomic mass is 32.7. The van der Waals surface area contributed by atoms with Crippen LogP contribution in [0.15, 0.2) is 25.3 Å². The van der Waals surface area contributed by atoms with Crippen LogP contribution < -0.4 is 11.5 Å². The number of anilines is 2. The molecule has 4 aliphatic heterocycles. The molecule has 10 atom stereocenters. The smallest absolute Gasteiger partial charge is 0.382 e. The van der Waals surface area contributed by atoms with Crippen LogP contribution >= 0.6 is 38.1 Å². The summed E-state index contributed by atoms with van der Waals surface area (Å²) in [6.07, 6.45) is -4.12. The van der Waals surface area contributed by atoms with E-state index in [2.05, 4.69) is 54.4 Å². The first kappa shape index (κ1) is 29.9. The Kier molecular flexibility index (Phi) is 6.98. The molecule has 0 aliphatic carbocycles. The number of nitrogens with two attached hydrogens (primary N) is 2. The molecule has 4 N–H and O–H groups in total. The number of rotatable bonds is 2. The largest absolute Gasteiger partial charge is 0.386 e. The van der Waals surface area contributed by atoms with E-state index in [9.17, 15) is 9.13 Å². The van der Waals surface area contributed by atoms with E-state index in [4.69, 9.17) is 43.8 Å². The molecule has 8 rings (SSSR count). The van der Waals surface area contributed by atoms with Gasteiger partial charge < -0.3 is 25.7 Å². The molecule has 4 aromatic rings. The van der Waals surface area contributed by atoms with Crippen molar-refractivity contribution >= 4 is 72.1 Å². The second-order valence-corrected chi connectivity index (χ2v) is 16.4. The summed E-state index contributed by atoms with van der Waals surface area (Å²) in [6, 6.07) is 0. The number of hydrogen-bond acceptors (Lipinski definition) is 17. The molecule has 0 amide bonds. The zero-order valence-corrected chi connectivity index (χ0v) is 26.1. The number of ether oxygens (including phenoxy) is 3. The Bertz CT molecular complexity index is 1920. The van der Waals surface area contributed by atoms with Crippen LogP contribution in [-0.4, -0.2) is 95.0 Å². The van der Waals surface area contributed by atoms with Crippen molar-refractivity contribution in [3.63, 3.8) is 0 Å². The molecule has 0 saturated carbocycles. The fraction of sp³-hybridized carbons (Fsp3) is 0.524. The molecule has 24 heteroatoms. The summed E-state index contributed by atoms with van der Waals surface area (Å²) in [5.74, 6) is 0.218. The molecule has 4 bridgehead atoms. The lowest BCUT2D eigenvalue weighted by molar-refractivity contribution is -0.182. The molecule has 19 nitrogen and oxygen atoms in total. The van der Waals surface area contributed by atoms with Crippen LogP contribution in [0.1, 0.15) is 12.5 Å². The van der Waals surface area contributed by atoms with Crippen LogP contribution in [0.4, 0.5) is 16.0 Å². The van der Waals surface area contributed by atoms with Crippen molar-refractivity contribution in [1.82, 2.24) is 39.0 Å². The zero-order valence-electron chi connectivity index (χ0n) is 22.5. The summed E-state index contributed by atoms with van der Waals surface area (Å²) >= 11 is 8.28. The highest BCUT2D eigenvalue weighted by Gasteiger charge is 2.66. The Hall–Kier alpha value is -2.49. The molecule has 4 fully saturated rings. The van der Waals surface area contributed by atoms with E-state index in [1.54, 1.807) is 0 Å². The van der Waals surface area contributed by atoms with E-state index in [1.807, 2.05) is 0 Å². The molecule has 4 aliphatic rings. The summed E-state index contributed by atoms with van der Waals surface area (Å²) in [6.45, 7) is -9.90. The predicted molar refractivity (Wildman–Crippen MR) is 156 cm³/mol. The average molecular weight is 705 g/mol. The van der Waals surface area contributed by atoms with E-state index >= 15 is 4.39 Å². The number of imidazole rings is 2. The first-order valence-corrected chi connectivity index (χ1v) is 18.6. The first-order chi connectivity index (χ1) is 21.5. The number of fused-ring (bicyclic) bond motifs is 4. The Morgan fingerprint density at radius 3 is 2.13 bits per heavy atom. The first-order valence-electron chi connectivity index (χ1n) is 13.2. The third-order valence-corrected chi connectivity index (χ3v) is 11.1. The van der Waals surface area contributed by atoms with Gasteiger partial charge >= 0.3 is 13.6 Å². The Morgan fingerprint density at radius 2 is 1.47 bits per heavy atom. The molecule has 0 spiro atoms. The van der Waals surface area contributed by atoms with Crippen molar-refractivity contribution < 1.29 is 45.8 Å². The molecular formula is C21H23FN10O9P2S2. The fourth-order valence-corrected chi connectivity index (χ4v) is 8.84. The molecule has 0 aromatic carbocycles. The van der Waals surface area contributed by atoms with Crippen molar-refractivity contribution in [3.8, 4) is 0 Å². The molecule has 4 aromatic heterocycles. The van der Waals surface area contributed by atoms with Crippen LogP contribution in [0.5, 0.6) is 0 Å². The van der Waals surface area contributed by atoms with Crippen LogP contribution in [0.2, 0.25) is 0 Å². The number of nitrogens with zero attached hydrogens (tertiary/aromatic N) is 8. The van der Waals surface area contributed by atoms with Crippen molar-refractivity contribution in [1.29, 1.82) is 0 Å². The number of alkyl halides is 1. The van der Waals surface area contributed by atoms with Gasteiger partial charge in [0.2, 0.25) is 0 Å². The van der Waals surface area contributed by atoms with Crippen LogP contribution in [0, 0.1) is 0 Å². The van der Waals surface area contributed by atoms with E-state index in [-0.39, 0.29) is 29.4 Å². The van der Waals surface area contributed by atoms with Gasteiger partial charge in [0.25, 0.3) is 0 Å². The van der Waals surface area contributed by atoms with Gasteiger partial charge in [-0.3, -0.25) is 27.2 Å². The van der Waals surface area contributed by atoms with Gasteiger partial charge in [0.1, 0.15) is 53.7 Å². The van der Waals surface area contributed by atoms with Gasteiger partial charge in [-0.25, -0.2) is 43.4 Å². The third kappa shape index (κ3) is 4.86. The van der Waals surface area contributed by atoms with Gasteiger partial charge in [0.15, 0.2) is 41.6 Å². The predicted octanol–water partition coefficient (Wildman–Crippen LogP) is 1.63. The third-order valence-electron chi connectivity index (χ3n) is 7.94. The summed E-state index contributed by atoms with van der Waals surface area (Å²) in [5.41, 5.74) is 11.4. The van der Waals surface area contributed by atoms with Crippen molar-refractivity contribution in [2.24, 2.45) is 0 Å². The number of hydrogen-bond donors (Lipinski definition) is 4. The van der Waals surface area contributed by atoms with Gasteiger partial charge in [-0.15, -0.1) is 0 Å². The molecule has 45 heavy (non-hydrogen) atoms. The normalized spacial score (nSPS) is 40.3. The summed E-state index contributed by atoms with van der Waals surface area (Å²) < 4.78 is 87.1. The standard InChI is InChI=1S/C21H23FN10O9P2S2/c22-9-8-1-36-42(33,44)41-14-13-20(32-7-30-11-16(24)26-5-28-18(11)32)39-21(14,2-35-13)3-37-43(34,45)40-12(9)19(38-8)31-6-29-10-15(23)25-4-27-17(10)31/h4-9,12-14,19-20H,1-3H2,(H,33,44)(H,34,45)(H2,23,25,27)(H2,24,26,28)/t8-,9-,12-,13-,14+,19-,20-,21-,42+,43-/m1/s1. The number of aromatic nitrogens is 8. The van der Waals surface area contributed by atoms with E-state index in [0.29, 0.717) is 11.2 Å². The van der Waals surface area contributed by atoms with Gasteiger partial charge in [-0.1, -0.05) is 24.5 Å². The monoisotopic (exact) mass is 704 g/mol. The van der Waals surface area contributed by atoms with E-state index in [1.165, 1.54) is 34.4 Å². The minimum absolute atomic E-state index is 0.0739. The van der Waals surface area contributed by atoms with E-state index in [0.717, 1.165) is 0 Å². The fourth-order valence-electron chi connectivity index (χ4n) is 5.87. The van der Waals surface area contributed by atoms with Gasteiger partial charge in [-0.05, 0) is 0 Å². The lowest BCUT2D eigenvalue weighted by Gasteiger charge is -2.32. The summed E-state index contributed by atoms with van der Waals surface area (Å²) in [7, 11) is 0. The topological polar surface area (TPSA) is 238 Å². The quantitative estimate of drug-likeness (QED) is 0.171. The Labute approximate surface area is 261 Å². The minimum Gasteiger partial charge on any atom is -0.382 e. The van der Waals surface area contributed by atoms with Gasteiger partial charge in [0, 0.05) is 0 Å². The SMILES string of the molecule is Nc1ncnc2c1ncn2[C@@H]1O[C@@H]2CO[P@](=O)(S)O[C@H]3[C@H]4OC[C@]3(CO[P@@](=O)(S)O[C@@H]1[C@@H]2F)O[C@H]4n1cnc2c(N)ncnc21. The highest BCUT2D eigenvalue weighted by Crippen LogP contribution is 2.63. The minimum atomic E-state index is -4.38. The van der Waals surface area contributed by atoms with Gasteiger partial charge in [0.05, 0.1) is 32.5 Å². The summed E-state index contributed by atoms with van der Waals surface area (Å²) in [4.78, 5) is 24.7. The Balaban J connectivity index is 1.14. The van der Waals surface area contributed by atoms with Crippen molar-refractivity contribution in [2.75, 3.05) is 31.3 Å². The van der Waals surface area contributed by atoms with Crippen LogP contribution in [0.3, 0.4) is 0 Å². The zero-order chi connectivity index (χ0) is 31.3. The lowest BCUT2D eigenvalue weighted by Crippen LogP contribution is -2.45. The maximum Gasteiger partial charge on any atom is 0.386 e. The molecule has 240 valence electrons. The highest BCUT2D eigenvalue weighted by molar-refractivity contribution is 8.44. The second-order valence-electron chi connectivity index (χ2n) is 10.6. The molecule has 4 saturated heterocycles. The van der Waals surface area contributed by atoms with Crippen molar-refractivity contribution in [3.05, 3.63) is 25.3 Å². The molecular weight excluding hydrogens is 681 g/mol. The molecule has 0 radical (unpaired) electrons. The Morgan fingerprint density at radius 1 is 0.844 bits per heavy atom. The summed E-state index contributed by atoms with van der Waals surface area (Å²) in [5, 5.41) is 0. The lowest BCUT2D eigenvalue weighted by atomic mass is 10.0. The average Bonchev–Trinajstić information content (AvgIpc) is 3.80. The van der Waals surface area contributed by atoms with Crippen LogP contribution in [-0.2, 0) is 41.4 Å². The maximum absolute atomic E-state index is 15.9. The maximum atomic E-state index is 15.9. The second kappa shape index (κ2) is 10.5. The molecule has 8 heterocycles. The molecule has 0 unspecified atom stereocenters. The number of nitrogen functional groups attached to an aromatic ring is 2. The van der Waals surface area contributed by atoms with Gasteiger partial charge in [-0.2, -0.15) is 0 Å². The van der Waals surface area contributed by atoms with Crippen molar-refractivity contribution in [2.45, 2.75) is 48.6 Å². The number of thiol groups is 2. The number of halogens is 1. The van der Waals surface area contributed by atoms with Crippen LogP contribution in [0.25, 0.3) is 22.3 Å². The van der Waals surface area contributed by atoms with E-state index < -0.39 is 75.5 Å².